The zero-order valence-electron chi connectivity index (χ0n) is 12.4. The number of nitro benzene ring substituents is 1. The maximum Gasteiger partial charge on any atom is 0.273 e. The summed E-state index contributed by atoms with van der Waals surface area (Å²) in [5.74, 6) is -0.0481. The molecule has 2 rings (SSSR count). The Morgan fingerprint density at radius 1 is 1.48 bits per heavy atom. The third-order valence-electron chi connectivity index (χ3n) is 3.80. The summed E-state index contributed by atoms with van der Waals surface area (Å²) in [4.78, 5) is 25.1. The van der Waals surface area contributed by atoms with Crippen LogP contribution in [-0.4, -0.2) is 40.9 Å². The number of carbonyl (C=O) groups is 1. The van der Waals surface area contributed by atoms with Gasteiger partial charge in [-0.15, -0.1) is 0 Å². The lowest BCUT2D eigenvalue weighted by Gasteiger charge is -2.32. The Balaban J connectivity index is 2.17. The summed E-state index contributed by atoms with van der Waals surface area (Å²) in [7, 11) is 0. The molecule has 1 aliphatic rings. The number of carbonyl (C=O) groups excluding carboxylic acids is 1. The van der Waals surface area contributed by atoms with Gasteiger partial charge in [0.1, 0.15) is 0 Å². The van der Waals surface area contributed by atoms with Crippen LogP contribution in [0.4, 0.5) is 5.69 Å². The Morgan fingerprint density at radius 3 is 2.76 bits per heavy atom. The van der Waals surface area contributed by atoms with Gasteiger partial charge in [-0.1, -0.05) is 18.2 Å². The second-order valence-corrected chi connectivity index (χ2v) is 5.60. The van der Waals surface area contributed by atoms with Crippen molar-refractivity contribution >= 4 is 11.6 Å². The Bertz CT molecular complexity index is 525. The van der Waals surface area contributed by atoms with E-state index < -0.39 is 4.92 Å². The van der Waals surface area contributed by atoms with Crippen LogP contribution in [0.2, 0.25) is 0 Å². The van der Waals surface area contributed by atoms with Crippen molar-refractivity contribution in [3.05, 3.63) is 39.9 Å². The van der Waals surface area contributed by atoms with Crippen LogP contribution in [0.25, 0.3) is 0 Å². The molecule has 0 aromatic heterocycles. The summed E-state index contributed by atoms with van der Waals surface area (Å²) in [6, 6.07) is 6.71. The van der Waals surface area contributed by atoms with Gasteiger partial charge in [-0.25, -0.2) is 0 Å². The Morgan fingerprint density at radius 2 is 2.19 bits per heavy atom. The van der Waals surface area contributed by atoms with Gasteiger partial charge in [0.15, 0.2) is 0 Å². The number of hydrogen-bond acceptors (Lipinski definition) is 4. The number of nitrogens with one attached hydrogen (secondary N) is 1. The predicted octanol–water partition coefficient (Wildman–Crippen LogP) is 1.74. The first-order chi connectivity index (χ1) is 10.0. The summed E-state index contributed by atoms with van der Waals surface area (Å²) in [5.41, 5.74) is 0.489. The third-order valence-corrected chi connectivity index (χ3v) is 3.80. The smallest absolute Gasteiger partial charge is 0.273 e. The van der Waals surface area contributed by atoms with Gasteiger partial charge in [0, 0.05) is 30.3 Å². The van der Waals surface area contributed by atoms with Gasteiger partial charge in [-0.3, -0.25) is 14.9 Å². The average Bonchev–Trinajstić information content (AvgIpc) is 2.92. The van der Waals surface area contributed by atoms with Crippen LogP contribution < -0.4 is 5.32 Å². The molecule has 1 aromatic rings. The quantitative estimate of drug-likeness (QED) is 0.662. The maximum atomic E-state index is 12.6. The predicted molar refractivity (Wildman–Crippen MR) is 80.1 cm³/mol. The minimum absolute atomic E-state index is 0.0131. The van der Waals surface area contributed by atoms with Crippen LogP contribution in [0.15, 0.2) is 24.3 Å². The number of hydrogen-bond donors (Lipinski definition) is 1. The fraction of sp³-hybridized carbons (Fsp3) is 0.533. The lowest BCUT2D eigenvalue weighted by molar-refractivity contribution is -0.385. The zero-order chi connectivity index (χ0) is 15.4. The molecule has 6 nitrogen and oxygen atoms in total. The van der Waals surface area contributed by atoms with E-state index in [2.05, 4.69) is 5.32 Å². The lowest BCUT2D eigenvalue weighted by Crippen LogP contribution is -2.46. The minimum atomic E-state index is -0.431. The van der Waals surface area contributed by atoms with Crippen LogP contribution >= 0.6 is 0 Å². The molecule has 1 saturated heterocycles. The van der Waals surface area contributed by atoms with Gasteiger partial charge in [0.25, 0.3) is 5.69 Å². The molecule has 1 unspecified atom stereocenters. The van der Waals surface area contributed by atoms with Crippen molar-refractivity contribution in [2.24, 2.45) is 0 Å². The molecule has 1 atom stereocenters. The lowest BCUT2D eigenvalue weighted by atomic mass is 10.1. The van der Waals surface area contributed by atoms with Crippen molar-refractivity contribution in [2.45, 2.75) is 38.8 Å². The van der Waals surface area contributed by atoms with Crippen LogP contribution in [0.5, 0.6) is 0 Å². The molecule has 0 bridgehead atoms. The summed E-state index contributed by atoms with van der Waals surface area (Å²) < 4.78 is 0. The molecule has 0 spiro atoms. The highest BCUT2D eigenvalue weighted by molar-refractivity contribution is 5.80. The van der Waals surface area contributed by atoms with Crippen molar-refractivity contribution < 1.29 is 9.72 Å². The molecule has 0 saturated carbocycles. The Kier molecular flexibility index (Phi) is 4.90. The summed E-state index contributed by atoms with van der Waals surface area (Å²) in [6.07, 6.45) is 1.01. The van der Waals surface area contributed by atoms with E-state index in [-0.39, 0.29) is 30.1 Å². The topological polar surface area (TPSA) is 75.5 Å². The normalized spacial score (nSPS) is 18.0. The third kappa shape index (κ3) is 3.58. The van der Waals surface area contributed by atoms with Gasteiger partial charge in [-0.05, 0) is 26.8 Å². The number of amides is 1. The average molecular weight is 291 g/mol. The van der Waals surface area contributed by atoms with E-state index in [9.17, 15) is 14.9 Å². The molecule has 6 heteroatoms. The maximum absolute atomic E-state index is 12.6. The largest absolute Gasteiger partial charge is 0.336 e. The molecular formula is C15H21N3O3. The SMILES string of the molecule is CC(C)N(C(=O)Cc1ccccc1[N+](=O)[O-])C1CCNC1. The summed E-state index contributed by atoms with van der Waals surface area (Å²) in [6.45, 7) is 5.67. The number of nitrogens with zero attached hydrogens (tertiary/aromatic N) is 2. The van der Waals surface area contributed by atoms with Gasteiger partial charge < -0.3 is 10.2 Å². The van der Waals surface area contributed by atoms with E-state index in [1.807, 2.05) is 18.7 Å². The number of para-hydroxylation sites is 1. The summed E-state index contributed by atoms with van der Waals surface area (Å²) in [5, 5.41) is 14.3. The molecule has 1 aliphatic heterocycles. The molecule has 1 N–H and O–H groups in total. The highest BCUT2D eigenvalue weighted by Gasteiger charge is 2.29. The van der Waals surface area contributed by atoms with Crippen LogP contribution in [0.3, 0.4) is 0 Å². The molecule has 0 radical (unpaired) electrons. The van der Waals surface area contributed by atoms with Crippen molar-refractivity contribution in [1.82, 2.24) is 10.2 Å². The molecule has 114 valence electrons. The van der Waals surface area contributed by atoms with Crippen molar-refractivity contribution in [3.63, 3.8) is 0 Å². The van der Waals surface area contributed by atoms with Crippen LogP contribution in [-0.2, 0) is 11.2 Å². The van der Waals surface area contributed by atoms with E-state index in [0.717, 1.165) is 19.5 Å². The number of rotatable bonds is 5. The van der Waals surface area contributed by atoms with Crippen molar-refractivity contribution in [1.29, 1.82) is 0 Å². The standard InChI is InChI=1S/C15H21N3O3/c1-11(2)17(13-7-8-16-10-13)15(19)9-12-5-3-4-6-14(12)18(20)21/h3-6,11,13,16H,7-10H2,1-2H3. The monoisotopic (exact) mass is 291 g/mol. The number of benzene rings is 1. The van der Waals surface area contributed by atoms with Gasteiger partial charge in [-0.2, -0.15) is 0 Å². The molecule has 1 amide bonds. The van der Waals surface area contributed by atoms with Gasteiger partial charge in [0.05, 0.1) is 11.3 Å². The van der Waals surface area contributed by atoms with E-state index in [4.69, 9.17) is 0 Å². The highest BCUT2D eigenvalue weighted by Crippen LogP contribution is 2.21. The first kappa shape index (κ1) is 15.4. The minimum Gasteiger partial charge on any atom is -0.336 e. The fourth-order valence-electron chi connectivity index (χ4n) is 2.88. The van der Waals surface area contributed by atoms with E-state index in [0.29, 0.717) is 5.56 Å². The van der Waals surface area contributed by atoms with Crippen LogP contribution in [0.1, 0.15) is 25.8 Å². The fourth-order valence-corrected chi connectivity index (χ4v) is 2.88. The Labute approximate surface area is 124 Å². The van der Waals surface area contributed by atoms with E-state index in [1.165, 1.54) is 6.07 Å². The number of nitro groups is 1. The highest BCUT2D eigenvalue weighted by atomic mass is 16.6. The molecule has 21 heavy (non-hydrogen) atoms. The second kappa shape index (κ2) is 6.67. The van der Waals surface area contributed by atoms with Gasteiger partial charge in [0.2, 0.25) is 5.91 Å². The van der Waals surface area contributed by atoms with Crippen LogP contribution in [0, 0.1) is 10.1 Å². The second-order valence-electron chi connectivity index (χ2n) is 5.60. The first-order valence-corrected chi connectivity index (χ1v) is 7.25. The zero-order valence-corrected chi connectivity index (χ0v) is 12.4. The van der Waals surface area contributed by atoms with Crippen molar-refractivity contribution in [2.75, 3.05) is 13.1 Å². The first-order valence-electron chi connectivity index (χ1n) is 7.25. The van der Waals surface area contributed by atoms with Crippen molar-refractivity contribution in [3.8, 4) is 0 Å². The molecular weight excluding hydrogens is 270 g/mol. The molecule has 1 fully saturated rings. The molecule has 1 heterocycles. The summed E-state index contributed by atoms with van der Waals surface area (Å²) >= 11 is 0. The van der Waals surface area contributed by atoms with E-state index >= 15 is 0 Å². The van der Waals surface area contributed by atoms with E-state index in [1.54, 1.807) is 18.2 Å². The molecule has 1 aromatic carbocycles. The van der Waals surface area contributed by atoms with Gasteiger partial charge >= 0.3 is 0 Å². The molecule has 0 aliphatic carbocycles. The Hall–Kier alpha value is -1.95.